The average molecular weight is 390 g/mol. The van der Waals surface area contributed by atoms with E-state index in [-0.39, 0.29) is 18.0 Å². The monoisotopic (exact) mass is 390 g/mol. The zero-order valence-electron chi connectivity index (χ0n) is 15.4. The van der Waals surface area contributed by atoms with Gasteiger partial charge in [0, 0.05) is 12.2 Å². The number of anilines is 1. The topological polar surface area (TPSA) is 84.9 Å². The van der Waals surface area contributed by atoms with E-state index in [1.54, 1.807) is 50.4 Å². The van der Waals surface area contributed by atoms with Crippen molar-refractivity contribution >= 4 is 21.8 Å². The van der Waals surface area contributed by atoms with E-state index in [0.717, 1.165) is 5.56 Å². The maximum Gasteiger partial charge on any atom is 0.414 e. The third-order valence-corrected chi connectivity index (χ3v) is 5.96. The summed E-state index contributed by atoms with van der Waals surface area (Å²) in [6.07, 6.45) is -1.07. The Hall–Kier alpha value is -2.58. The van der Waals surface area contributed by atoms with E-state index in [4.69, 9.17) is 9.47 Å². The van der Waals surface area contributed by atoms with Gasteiger partial charge >= 0.3 is 6.09 Å². The first kappa shape index (κ1) is 19.2. The first-order valence-corrected chi connectivity index (χ1v) is 9.97. The summed E-state index contributed by atoms with van der Waals surface area (Å²) in [5.41, 5.74) is 2.19. The number of nitrogens with one attached hydrogen (secondary N) is 1. The first-order valence-electron chi connectivity index (χ1n) is 8.49. The van der Waals surface area contributed by atoms with Crippen molar-refractivity contribution in [3.05, 3.63) is 53.6 Å². The number of aryl methyl sites for hydroxylation is 2. The predicted molar refractivity (Wildman–Crippen MR) is 102 cm³/mol. The summed E-state index contributed by atoms with van der Waals surface area (Å²) < 4.78 is 38.1. The van der Waals surface area contributed by atoms with Gasteiger partial charge in [-0.05, 0) is 55.3 Å². The number of amides is 1. The van der Waals surface area contributed by atoms with Crippen molar-refractivity contribution in [3.63, 3.8) is 0 Å². The van der Waals surface area contributed by atoms with Gasteiger partial charge in [-0.15, -0.1) is 0 Å². The van der Waals surface area contributed by atoms with E-state index < -0.39 is 22.2 Å². The van der Waals surface area contributed by atoms with Crippen LogP contribution >= 0.6 is 0 Å². The summed E-state index contributed by atoms with van der Waals surface area (Å²) in [6.45, 7) is 3.85. The molecule has 2 aromatic carbocycles. The largest absolute Gasteiger partial charge is 0.497 e. The van der Waals surface area contributed by atoms with Crippen LogP contribution in [0.3, 0.4) is 0 Å². The molecule has 0 aromatic heterocycles. The third-order valence-electron chi connectivity index (χ3n) is 4.39. The molecule has 0 saturated carbocycles. The Labute approximate surface area is 158 Å². The summed E-state index contributed by atoms with van der Waals surface area (Å²) in [5.74, 6) is 0.684. The summed E-state index contributed by atoms with van der Waals surface area (Å²) in [4.78, 5) is 13.8. The van der Waals surface area contributed by atoms with E-state index in [0.29, 0.717) is 17.0 Å². The number of methoxy groups -OCH3 is 1. The number of hydrogen-bond acceptors (Lipinski definition) is 5. The highest BCUT2D eigenvalue weighted by Crippen LogP contribution is 2.24. The molecule has 8 heteroatoms. The van der Waals surface area contributed by atoms with Crippen molar-refractivity contribution in [2.24, 2.45) is 0 Å². The Morgan fingerprint density at radius 3 is 2.56 bits per heavy atom. The number of benzene rings is 2. The molecule has 1 amide bonds. The minimum Gasteiger partial charge on any atom is -0.497 e. The number of cyclic esters (lactones) is 1. The molecule has 27 heavy (non-hydrogen) atoms. The average Bonchev–Trinajstić information content (AvgIpc) is 3.03. The molecular weight excluding hydrogens is 368 g/mol. The van der Waals surface area contributed by atoms with E-state index in [1.165, 1.54) is 4.90 Å². The van der Waals surface area contributed by atoms with E-state index in [1.807, 2.05) is 13.0 Å². The van der Waals surface area contributed by atoms with Gasteiger partial charge in [-0.25, -0.2) is 17.9 Å². The summed E-state index contributed by atoms with van der Waals surface area (Å²) >= 11 is 0. The second-order valence-corrected chi connectivity index (χ2v) is 8.17. The molecule has 0 bridgehead atoms. The number of ether oxygens (including phenoxy) is 2. The van der Waals surface area contributed by atoms with Crippen LogP contribution in [-0.2, 0) is 14.8 Å². The molecule has 144 valence electrons. The zero-order valence-corrected chi connectivity index (χ0v) is 16.2. The first-order chi connectivity index (χ1) is 12.8. The van der Waals surface area contributed by atoms with Crippen LogP contribution in [0.5, 0.6) is 5.75 Å². The van der Waals surface area contributed by atoms with Crippen LogP contribution in [0.1, 0.15) is 11.1 Å². The van der Waals surface area contributed by atoms with Gasteiger partial charge in [-0.3, -0.25) is 4.90 Å². The SMILES string of the molecule is COc1ccc(N2CC(CNS(=O)(=O)c3cc(C)ccc3C)OC2=O)cc1. The zero-order chi connectivity index (χ0) is 19.6. The number of carbonyl (C=O) groups is 1. The Kier molecular flexibility index (Phi) is 5.38. The van der Waals surface area contributed by atoms with Gasteiger partial charge in [-0.1, -0.05) is 12.1 Å². The fourth-order valence-corrected chi connectivity index (χ4v) is 4.27. The van der Waals surface area contributed by atoms with Gasteiger partial charge in [0.05, 0.1) is 18.6 Å². The van der Waals surface area contributed by atoms with E-state index >= 15 is 0 Å². The maximum absolute atomic E-state index is 12.6. The van der Waals surface area contributed by atoms with Crippen molar-refractivity contribution in [3.8, 4) is 5.75 Å². The van der Waals surface area contributed by atoms with Crippen molar-refractivity contribution in [1.29, 1.82) is 0 Å². The van der Waals surface area contributed by atoms with Crippen LogP contribution in [0.25, 0.3) is 0 Å². The Balaban J connectivity index is 1.66. The molecular formula is C19H22N2O5S. The molecule has 1 aliphatic rings. The number of nitrogens with zero attached hydrogens (tertiary/aromatic N) is 1. The van der Waals surface area contributed by atoms with Gasteiger partial charge in [0.25, 0.3) is 0 Å². The van der Waals surface area contributed by atoms with E-state index in [2.05, 4.69) is 4.72 Å². The Bertz CT molecular complexity index is 941. The molecule has 1 atom stereocenters. The number of rotatable bonds is 6. The highest BCUT2D eigenvalue weighted by molar-refractivity contribution is 7.89. The molecule has 0 spiro atoms. The fraction of sp³-hybridized carbons (Fsp3) is 0.316. The quantitative estimate of drug-likeness (QED) is 0.820. The Morgan fingerprint density at radius 2 is 1.89 bits per heavy atom. The minimum atomic E-state index is -3.69. The van der Waals surface area contributed by atoms with Gasteiger partial charge < -0.3 is 9.47 Å². The molecule has 1 fully saturated rings. The molecule has 1 aliphatic heterocycles. The molecule has 1 heterocycles. The molecule has 1 unspecified atom stereocenters. The molecule has 0 radical (unpaired) electrons. The van der Waals surface area contributed by atoms with Gasteiger partial charge in [-0.2, -0.15) is 0 Å². The second kappa shape index (κ2) is 7.58. The lowest BCUT2D eigenvalue weighted by Crippen LogP contribution is -2.35. The molecule has 1 saturated heterocycles. The number of hydrogen-bond donors (Lipinski definition) is 1. The summed E-state index contributed by atoms with van der Waals surface area (Å²) in [6, 6.07) is 12.3. The summed E-state index contributed by atoms with van der Waals surface area (Å²) in [7, 11) is -2.12. The van der Waals surface area contributed by atoms with Crippen LogP contribution in [0, 0.1) is 13.8 Å². The highest BCUT2D eigenvalue weighted by Gasteiger charge is 2.33. The van der Waals surface area contributed by atoms with Crippen molar-refractivity contribution in [2.75, 3.05) is 25.1 Å². The molecule has 1 N–H and O–H groups in total. The third kappa shape index (κ3) is 4.23. The lowest BCUT2D eigenvalue weighted by Gasteiger charge is -2.14. The van der Waals surface area contributed by atoms with Crippen LogP contribution < -0.4 is 14.4 Å². The maximum atomic E-state index is 12.6. The van der Waals surface area contributed by atoms with Gasteiger partial charge in [0.15, 0.2) is 0 Å². The smallest absolute Gasteiger partial charge is 0.414 e. The lowest BCUT2D eigenvalue weighted by molar-refractivity contribution is 0.143. The van der Waals surface area contributed by atoms with Crippen molar-refractivity contribution in [1.82, 2.24) is 4.72 Å². The molecule has 3 rings (SSSR count). The standard InChI is InChI=1S/C19H22N2O5S/c1-13-4-5-14(2)18(10-13)27(23,24)20-11-17-12-21(19(22)26-17)15-6-8-16(25-3)9-7-15/h4-10,17,20H,11-12H2,1-3H3. The fourth-order valence-electron chi connectivity index (χ4n) is 2.88. The van der Waals surface area contributed by atoms with Crippen LogP contribution in [0.2, 0.25) is 0 Å². The van der Waals surface area contributed by atoms with Crippen LogP contribution in [0.4, 0.5) is 10.5 Å². The van der Waals surface area contributed by atoms with Gasteiger partial charge in [0.2, 0.25) is 10.0 Å². The number of carbonyl (C=O) groups excluding carboxylic acids is 1. The minimum absolute atomic E-state index is 0.00805. The highest BCUT2D eigenvalue weighted by atomic mass is 32.2. The Morgan fingerprint density at radius 1 is 1.19 bits per heavy atom. The lowest BCUT2D eigenvalue weighted by atomic mass is 10.2. The molecule has 0 aliphatic carbocycles. The molecule has 2 aromatic rings. The van der Waals surface area contributed by atoms with Crippen molar-refractivity contribution < 1.29 is 22.7 Å². The second-order valence-electron chi connectivity index (χ2n) is 6.44. The predicted octanol–water partition coefficient (Wildman–Crippen LogP) is 2.62. The molecule has 7 nitrogen and oxygen atoms in total. The summed E-state index contributed by atoms with van der Waals surface area (Å²) in [5, 5.41) is 0. The normalized spacial score (nSPS) is 17.1. The van der Waals surface area contributed by atoms with Crippen LogP contribution in [0.15, 0.2) is 47.4 Å². The van der Waals surface area contributed by atoms with Crippen LogP contribution in [-0.4, -0.2) is 40.8 Å². The number of sulfonamides is 1. The van der Waals surface area contributed by atoms with Crippen molar-refractivity contribution in [2.45, 2.75) is 24.8 Å². The van der Waals surface area contributed by atoms with E-state index in [9.17, 15) is 13.2 Å². The van der Waals surface area contributed by atoms with Gasteiger partial charge in [0.1, 0.15) is 11.9 Å².